The van der Waals surface area contributed by atoms with Gasteiger partial charge in [0.25, 0.3) is 0 Å². The topological polar surface area (TPSA) is 106 Å². The summed E-state index contributed by atoms with van der Waals surface area (Å²) in [6.45, 7) is 5.47. The summed E-state index contributed by atoms with van der Waals surface area (Å²) in [4.78, 5) is 28.4. The molecule has 0 bridgehead atoms. The maximum absolute atomic E-state index is 12.2. The number of carbonyl (C=O) groups is 2. The summed E-state index contributed by atoms with van der Waals surface area (Å²) < 4.78 is 5.12. The molecular weight excluding hydrogens is 411 g/mol. The van der Waals surface area contributed by atoms with E-state index >= 15 is 0 Å². The van der Waals surface area contributed by atoms with Crippen LogP contribution in [0, 0.1) is 5.41 Å². The molecule has 0 spiro atoms. The highest BCUT2D eigenvalue weighted by Gasteiger charge is 2.22. The van der Waals surface area contributed by atoms with Gasteiger partial charge in [-0.3, -0.25) is 9.59 Å². The van der Waals surface area contributed by atoms with Crippen LogP contribution in [-0.4, -0.2) is 23.9 Å². The molecule has 4 N–H and O–H groups in total. The van der Waals surface area contributed by atoms with E-state index in [9.17, 15) is 9.59 Å². The number of anilines is 3. The Morgan fingerprint density at radius 1 is 1.22 bits per heavy atom. The number of nitrogen functional groups attached to an aromatic ring is 1. The summed E-state index contributed by atoms with van der Waals surface area (Å²) in [7, 11) is 1.54. The summed E-state index contributed by atoms with van der Waals surface area (Å²) in [5.41, 5.74) is 6.86. The number of hydrogen-bond donors (Lipinski definition) is 3. The number of nitrogens with two attached hydrogens (primary N) is 1. The highest BCUT2D eigenvalue weighted by atomic mass is 35.5. The Morgan fingerprint density at radius 3 is 2.48 bits per heavy atom. The highest BCUT2D eigenvalue weighted by Crippen LogP contribution is 2.25. The summed E-state index contributed by atoms with van der Waals surface area (Å²) >= 11 is 1.28. The van der Waals surface area contributed by atoms with Gasteiger partial charge in [-0.05, 0) is 12.1 Å². The van der Waals surface area contributed by atoms with Crippen LogP contribution in [-0.2, 0) is 16.0 Å². The van der Waals surface area contributed by atoms with Crippen molar-refractivity contribution >= 4 is 64.5 Å². The van der Waals surface area contributed by atoms with Gasteiger partial charge in [-0.1, -0.05) is 20.8 Å². The molecule has 27 heavy (non-hydrogen) atoms. The summed E-state index contributed by atoms with van der Waals surface area (Å²) in [5, 5.41) is 7.71. The number of carbonyl (C=O) groups excluding carboxylic acids is 2. The van der Waals surface area contributed by atoms with Gasteiger partial charge in [0.1, 0.15) is 5.75 Å². The Labute approximate surface area is 174 Å². The van der Waals surface area contributed by atoms with E-state index < -0.39 is 5.41 Å². The van der Waals surface area contributed by atoms with Crippen LogP contribution in [0.4, 0.5) is 16.5 Å². The smallest absolute Gasteiger partial charge is 0.231 e. The van der Waals surface area contributed by atoms with Crippen LogP contribution in [0.15, 0.2) is 23.6 Å². The van der Waals surface area contributed by atoms with Gasteiger partial charge in [-0.15, -0.1) is 36.2 Å². The van der Waals surface area contributed by atoms with Crippen molar-refractivity contribution in [3.05, 3.63) is 29.3 Å². The number of hydrogen-bond acceptors (Lipinski definition) is 6. The molecule has 0 aliphatic heterocycles. The second kappa shape index (κ2) is 10.3. The lowest BCUT2D eigenvalue weighted by atomic mass is 9.96. The van der Waals surface area contributed by atoms with Crippen LogP contribution >= 0.6 is 36.2 Å². The maximum atomic E-state index is 12.2. The van der Waals surface area contributed by atoms with Crippen LogP contribution in [0.3, 0.4) is 0 Å². The molecule has 0 fully saturated rings. The second-order valence-electron chi connectivity index (χ2n) is 6.53. The van der Waals surface area contributed by atoms with Crippen LogP contribution in [0.5, 0.6) is 5.75 Å². The maximum Gasteiger partial charge on any atom is 0.231 e. The molecule has 150 valence electrons. The van der Waals surface area contributed by atoms with E-state index in [2.05, 4.69) is 15.6 Å². The van der Waals surface area contributed by atoms with Gasteiger partial charge in [0.15, 0.2) is 5.13 Å². The molecule has 1 aromatic carbocycles. The van der Waals surface area contributed by atoms with E-state index in [1.165, 1.54) is 11.3 Å². The van der Waals surface area contributed by atoms with Crippen LogP contribution in [0.2, 0.25) is 0 Å². The minimum Gasteiger partial charge on any atom is -0.497 e. The molecule has 2 aromatic rings. The Hall–Kier alpha value is -2.03. The molecule has 0 saturated heterocycles. The van der Waals surface area contributed by atoms with Crippen molar-refractivity contribution in [3.8, 4) is 5.75 Å². The number of rotatable bonds is 5. The number of amides is 2. The minimum atomic E-state index is -0.507. The Morgan fingerprint density at radius 2 is 1.89 bits per heavy atom. The number of nitrogens with zero attached hydrogens (tertiary/aromatic N) is 1. The van der Waals surface area contributed by atoms with Gasteiger partial charge < -0.3 is 21.1 Å². The normalized spacial score (nSPS) is 10.2. The van der Waals surface area contributed by atoms with Crippen molar-refractivity contribution in [2.45, 2.75) is 27.2 Å². The molecule has 0 aliphatic rings. The average Bonchev–Trinajstić information content (AvgIpc) is 2.95. The SMILES string of the molecule is COc1ccc(N)c(NC(=O)Cc2csc(NC(=O)C(C)(C)C)n2)c1.Cl.Cl. The molecule has 0 atom stereocenters. The lowest BCUT2D eigenvalue weighted by Gasteiger charge is -2.15. The van der Waals surface area contributed by atoms with E-state index in [0.717, 1.165) is 0 Å². The standard InChI is InChI=1S/C17H22N4O3S.2ClH/c1-17(2,3)15(23)21-16-19-10(9-25-16)7-14(22)20-13-8-11(24-4)5-6-12(13)18;;/h5-6,8-9H,7,18H2,1-4H3,(H,20,22)(H,19,21,23);2*1H. The highest BCUT2D eigenvalue weighted by molar-refractivity contribution is 7.13. The van der Waals surface area contributed by atoms with Gasteiger partial charge in [0.2, 0.25) is 11.8 Å². The van der Waals surface area contributed by atoms with Crippen molar-refractivity contribution < 1.29 is 14.3 Å². The third-order valence-electron chi connectivity index (χ3n) is 3.33. The molecule has 0 unspecified atom stereocenters. The Bertz CT molecular complexity index is 791. The van der Waals surface area contributed by atoms with E-state index in [-0.39, 0.29) is 43.0 Å². The molecule has 0 aliphatic carbocycles. The predicted molar refractivity (Wildman–Crippen MR) is 114 cm³/mol. The zero-order valence-electron chi connectivity index (χ0n) is 15.5. The van der Waals surface area contributed by atoms with Crippen molar-refractivity contribution in [3.63, 3.8) is 0 Å². The number of thiazole rings is 1. The third-order valence-corrected chi connectivity index (χ3v) is 4.14. The predicted octanol–water partition coefficient (Wildman–Crippen LogP) is 3.74. The largest absolute Gasteiger partial charge is 0.497 e. The molecule has 1 aromatic heterocycles. The van der Waals surface area contributed by atoms with Gasteiger partial charge in [-0.25, -0.2) is 4.98 Å². The monoisotopic (exact) mass is 434 g/mol. The third kappa shape index (κ3) is 7.24. The lowest BCUT2D eigenvalue weighted by Crippen LogP contribution is -2.27. The first-order valence-corrected chi connectivity index (χ1v) is 8.56. The fourth-order valence-electron chi connectivity index (χ4n) is 1.86. The van der Waals surface area contributed by atoms with Crippen molar-refractivity contribution in [1.82, 2.24) is 4.98 Å². The van der Waals surface area contributed by atoms with Crippen LogP contribution < -0.4 is 21.1 Å². The number of nitrogens with one attached hydrogen (secondary N) is 2. The number of benzene rings is 1. The zero-order chi connectivity index (χ0) is 18.6. The Balaban J connectivity index is 0.00000338. The molecule has 2 amide bonds. The summed E-state index contributed by atoms with van der Waals surface area (Å²) in [6.07, 6.45) is 0.0819. The molecule has 2 rings (SSSR count). The molecule has 10 heteroatoms. The van der Waals surface area contributed by atoms with E-state index in [1.54, 1.807) is 30.7 Å². The number of ether oxygens (including phenoxy) is 1. The fraction of sp³-hybridized carbons (Fsp3) is 0.353. The molecule has 0 saturated carbocycles. The number of aromatic nitrogens is 1. The quantitative estimate of drug-likeness (QED) is 0.621. The van der Waals surface area contributed by atoms with E-state index in [0.29, 0.717) is 27.9 Å². The number of halogens is 2. The minimum absolute atomic E-state index is 0. The van der Waals surface area contributed by atoms with Crippen molar-refractivity contribution in [2.75, 3.05) is 23.5 Å². The first-order valence-electron chi connectivity index (χ1n) is 7.68. The van der Waals surface area contributed by atoms with Gasteiger partial charge in [-0.2, -0.15) is 0 Å². The van der Waals surface area contributed by atoms with Gasteiger partial charge >= 0.3 is 0 Å². The first-order chi connectivity index (χ1) is 11.7. The van der Waals surface area contributed by atoms with Gasteiger partial charge in [0.05, 0.1) is 30.6 Å². The number of methoxy groups -OCH3 is 1. The second-order valence-corrected chi connectivity index (χ2v) is 7.38. The van der Waals surface area contributed by atoms with E-state index in [1.807, 2.05) is 20.8 Å². The van der Waals surface area contributed by atoms with Crippen molar-refractivity contribution in [2.24, 2.45) is 5.41 Å². The first kappa shape index (κ1) is 25.0. The lowest BCUT2D eigenvalue weighted by molar-refractivity contribution is -0.123. The van der Waals surface area contributed by atoms with Crippen molar-refractivity contribution in [1.29, 1.82) is 0 Å². The summed E-state index contributed by atoms with van der Waals surface area (Å²) in [5.74, 6) is 0.228. The Kier molecular flexibility index (Phi) is 9.56. The molecule has 7 nitrogen and oxygen atoms in total. The molecule has 1 heterocycles. The zero-order valence-corrected chi connectivity index (χ0v) is 17.9. The van der Waals surface area contributed by atoms with Crippen LogP contribution in [0.25, 0.3) is 0 Å². The molecule has 0 radical (unpaired) electrons. The fourth-order valence-corrected chi connectivity index (χ4v) is 2.57. The van der Waals surface area contributed by atoms with Gasteiger partial charge in [0, 0.05) is 16.9 Å². The molecular formula is C17H24Cl2N4O3S. The average molecular weight is 435 g/mol. The van der Waals surface area contributed by atoms with Crippen LogP contribution in [0.1, 0.15) is 26.5 Å². The summed E-state index contributed by atoms with van der Waals surface area (Å²) in [6, 6.07) is 5.04. The van der Waals surface area contributed by atoms with E-state index in [4.69, 9.17) is 10.5 Å².